The summed E-state index contributed by atoms with van der Waals surface area (Å²) in [5.41, 5.74) is 0.399. The van der Waals surface area contributed by atoms with Gasteiger partial charge in [-0.15, -0.1) is 0 Å². The highest BCUT2D eigenvalue weighted by Crippen LogP contribution is 2.30. The Morgan fingerprint density at radius 3 is 2.47 bits per heavy atom. The molecule has 0 aliphatic rings. The van der Waals surface area contributed by atoms with Crippen molar-refractivity contribution in [1.29, 1.82) is 0 Å². The summed E-state index contributed by atoms with van der Waals surface area (Å²) in [6.45, 7) is 0. The van der Waals surface area contributed by atoms with Crippen molar-refractivity contribution in [3.05, 3.63) is 23.2 Å². The third-order valence-corrected chi connectivity index (χ3v) is 2.40. The molecule has 0 aliphatic carbocycles. The van der Waals surface area contributed by atoms with Gasteiger partial charge >= 0.3 is 11.9 Å². The molecule has 0 heterocycles. The Hall–Kier alpha value is -1.75. The SMILES string of the molecule is COC(=O)C(=O)N(C)c1cc(Cl)ccc1OC. The summed E-state index contributed by atoms with van der Waals surface area (Å²) in [5.74, 6) is -1.31. The van der Waals surface area contributed by atoms with Gasteiger partial charge in [0.15, 0.2) is 0 Å². The monoisotopic (exact) mass is 257 g/mol. The van der Waals surface area contributed by atoms with E-state index < -0.39 is 11.9 Å². The lowest BCUT2D eigenvalue weighted by molar-refractivity contribution is -0.151. The predicted octanol–water partition coefficient (Wildman–Crippen LogP) is 1.48. The quantitative estimate of drug-likeness (QED) is 0.595. The van der Waals surface area contributed by atoms with Crippen LogP contribution in [-0.2, 0) is 14.3 Å². The van der Waals surface area contributed by atoms with Gasteiger partial charge in [-0.3, -0.25) is 4.79 Å². The third-order valence-electron chi connectivity index (χ3n) is 2.17. The number of likely N-dealkylation sites (N-methyl/N-ethyl adjacent to an activating group) is 1. The summed E-state index contributed by atoms with van der Waals surface area (Å²) in [7, 11) is 4.04. The Balaban J connectivity index is 3.10. The van der Waals surface area contributed by atoms with Gasteiger partial charge < -0.3 is 14.4 Å². The number of methoxy groups -OCH3 is 2. The molecule has 0 saturated heterocycles. The summed E-state index contributed by atoms with van der Waals surface area (Å²) < 4.78 is 9.43. The number of nitrogens with zero attached hydrogens (tertiary/aromatic N) is 1. The summed E-state index contributed by atoms with van der Waals surface area (Å²) in [6.07, 6.45) is 0. The molecule has 0 spiro atoms. The smallest absolute Gasteiger partial charge is 0.397 e. The highest BCUT2D eigenvalue weighted by Gasteiger charge is 2.23. The number of carbonyl (C=O) groups is 2. The van der Waals surface area contributed by atoms with Crippen molar-refractivity contribution in [2.24, 2.45) is 0 Å². The number of hydrogen-bond donors (Lipinski definition) is 0. The van der Waals surface area contributed by atoms with Crippen molar-refractivity contribution in [2.75, 3.05) is 26.2 Å². The lowest BCUT2D eigenvalue weighted by Crippen LogP contribution is -2.34. The Morgan fingerprint density at radius 1 is 1.29 bits per heavy atom. The Morgan fingerprint density at radius 2 is 1.94 bits per heavy atom. The summed E-state index contributed by atoms with van der Waals surface area (Å²) in [4.78, 5) is 23.9. The van der Waals surface area contributed by atoms with E-state index in [1.165, 1.54) is 20.2 Å². The van der Waals surface area contributed by atoms with E-state index in [1.54, 1.807) is 12.1 Å². The fourth-order valence-corrected chi connectivity index (χ4v) is 1.43. The molecule has 1 amide bonds. The second kappa shape index (κ2) is 5.54. The molecular formula is C11H12ClNO4. The van der Waals surface area contributed by atoms with Crippen LogP contribution in [-0.4, -0.2) is 33.1 Å². The first-order valence-electron chi connectivity index (χ1n) is 4.70. The Labute approximate surface area is 104 Å². The number of halogens is 1. The second-order valence-electron chi connectivity index (χ2n) is 3.17. The molecule has 1 aromatic rings. The number of anilines is 1. The van der Waals surface area contributed by atoms with Crippen molar-refractivity contribution < 1.29 is 19.1 Å². The zero-order chi connectivity index (χ0) is 13.0. The van der Waals surface area contributed by atoms with Crippen LogP contribution >= 0.6 is 11.6 Å². The zero-order valence-corrected chi connectivity index (χ0v) is 10.4. The maximum absolute atomic E-state index is 11.6. The second-order valence-corrected chi connectivity index (χ2v) is 3.61. The number of benzene rings is 1. The Kier molecular flexibility index (Phi) is 4.34. The molecule has 0 bridgehead atoms. The van der Waals surface area contributed by atoms with Gasteiger partial charge in [-0.05, 0) is 18.2 Å². The molecule has 1 aromatic carbocycles. The highest BCUT2D eigenvalue weighted by molar-refractivity contribution is 6.38. The molecule has 0 atom stereocenters. The van der Waals surface area contributed by atoms with E-state index >= 15 is 0 Å². The van der Waals surface area contributed by atoms with Crippen LogP contribution in [0.5, 0.6) is 5.75 Å². The van der Waals surface area contributed by atoms with Crippen LogP contribution in [0.1, 0.15) is 0 Å². The molecule has 1 rings (SSSR count). The minimum absolute atomic E-state index is 0.399. The average molecular weight is 258 g/mol. The van der Waals surface area contributed by atoms with E-state index in [1.807, 2.05) is 0 Å². The molecular weight excluding hydrogens is 246 g/mol. The van der Waals surface area contributed by atoms with Gasteiger partial charge in [0.2, 0.25) is 0 Å². The first kappa shape index (κ1) is 13.3. The van der Waals surface area contributed by atoms with Crippen LogP contribution in [0.4, 0.5) is 5.69 Å². The van der Waals surface area contributed by atoms with Crippen molar-refractivity contribution in [1.82, 2.24) is 0 Å². The van der Waals surface area contributed by atoms with E-state index in [4.69, 9.17) is 16.3 Å². The van der Waals surface area contributed by atoms with Crippen molar-refractivity contribution >= 4 is 29.2 Å². The van der Waals surface area contributed by atoms with Gasteiger partial charge in [-0.1, -0.05) is 11.6 Å². The first-order chi connectivity index (χ1) is 8.01. The summed E-state index contributed by atoms with van der Waals surface area (Å²) >= 11 is 5.83. The van der Waals surface area contributed by atoms with Crippen LogP contribution in [0.3, 0.4) is 0 Å². The lowest BCUT2D eigenvalue weighted by atomic mass is 10.2. The van der Waals surface area contributed by atoms with Gasteiger partial charge in [-0.2, -0.15) is 0 Å². The number of amides is 1. The standard InChI is InChI=1S/C11H12ClNO4/c1-13(10(14)11(15)17-3)8-6-7(12)4-5-9(8)16-2/h4-6H,1-3H3. The molecule has 0 unspecified atom stereocenters. The summed E-state index contributed by atoms with van der Waals surface area (Å²) in [5, 5.41) is 0.435. The number of hydrogen-bond acceptors (Lipinski definition) is 4. The van der Waals surface area contributed by atoms with Crippen LogP contribution in [0.15, 0.2) is 18.2 Å². The van der Waals surface area contributed by atoms with Gasteiger partial charge in [0.25, 0.3) is 0 Å². The normalized spacial score (nSPS) is 9.65. The third kappa shape index (κ3) is 2.88. The maximum atomic E-state index is 11.6. The first-order valence-corrected chi connectivity index (χ1v) is 5.08. The molecule has 0 fully saturated rings. The molecule has 0 radical (unpaired) electrons. The van der Waals surface area contributed by atoms with Crippen LogP contribution in [0.2, 0.25) is 5.02 Å². The minimum Gasteiger partial charge on any atom is -0.495 e. The fourth-order valence-electron chi connectivity index (χ4n) is 1.26. The van der Waals surface area contributed by atoms with E-state index in [9.17, 15) is 9.59 Å². The maximum Gasteiger partial charge on any atom is 0.397 e. The molecule has 6 heteroatoms. The molecule has 5 nitrogen and oxygen atoms in total. The van der Waals surface area contributed by atoms with E-state index in [0.717, 1.165) is 12.0 Å². The molecule has 92 valence electrons. The summed E-state index contributed by atoms with van der Waals surface area (Å²) in [6, 6.07) is 4.76. The number of ether oxygens (including phenoxy) is 2. The van der Waals surface area contributed by atoms with E-state index in [0.29, 0.717) is 16.5 Å². The van der Waals surface area contributed by atoms with Gasteiger partial charge in [-0.25, -0.2) is 4.79 Å². The fraction of sp³-hybridized carbons (Fsp3) is 0.273. The highest BCUT2D eigenvalue weighted by atomic mass is 35.5. The largest absolute Gasteiger partial charge is 0.495 e. The molecule has 0 aromatic heterocycles. The van der Waals surface area contributed by atoms with Crippen LogP contribution in [0, 0.1) is 0 Å². The van der Waals surface area contributed by atoms with Crippen molar-refractivity contribution in [3.8, 4) is 5.75 Å². The zero-order valence-electron chi connectivity index (χ0n) is 9.69. The predicted molar refractivity (Wildman–Crippen MR) is 63.4 cm³/mol. The van der Waals surface area contributed by atoms with Crippen LogP contribution in [0.25, 0.3) is 0 Å². The lowest BCUT2D eigenvalue weighted by Gasteiger charge is -2.18. The average Bonchev–Trinajstić information content (AvgIpc) is 2.35. The molecule has 17 heavy (non-hydrogen) atoms. The number of esters is 1. The number of rotatable bonds is 2. The van der Waals surface area contributed by atoms with E-state index in [2.05, 4.69) is 4.74 Å². The molecule has 0 saturated carbocycles. The number of carbonyl (C=O) groups excluding carboxylic acids is 2. The topological polar surface area (TPSA) is 55.8 Å². The Bertz CT molecular complexity index is 447. The molecule has 0 aliphatic heterocycles. The minimum atomic E-state index is -0.950. The van der Waals surface area contributed by atoms with Crippen LogP contribution < -0.4 is 9.64 Å². The van der Waals surface area contributed by atoms with Crippen molar-refractivity contribution in [2.45, 2.75) is 0 Å². The van der Waals surface area contributed by atoms with Gasteiger partial charge in [0.1, 0.15) is 5.75 Å². The van der Waals surface area contributed by atoms with E-state index in [-0.39, 0.29) is 0 Å². The van der Waals surface area contributed by atoms with Crippen molar-refractivity contribution in [3.63, 3.8) is 0 Å². The van der Waals surface area contributed by atoms with Gasteiger partial charge in [0.05, 0.1) is 19.9 Å². The van der Waals surface area contributed by atoms with Gasteiger partial charge in [0, 0.05) is 12.1 Å². The molecule has 0 N–H and O–H groups in total.